The highest BCUT2D eigenvalue weighted by molar-refractivity contribution is 7.87. The van der Waals surface area contributed by atoms with Crippen molar-refractivity contribution in [1.82, 2.24) is 9.03 Å². The third-order valence-corrected chi connectivity index (χ3v) is 4.88. The van der Waals surface area contributed by atoms with Crippen molar-refractivity contribution in [2.75, 3.05) is 13.1 Å². The first-order chi connectivity index (χ1) is 8.35. The second-order valence-electron chi connectivity index (χ2n) is 5.06. The summed E-state index contributed by atoms with van der Waals surface area (Å²) < 4.78 is 28.5. The zero-order valence-electron chi connectivity index (χ0n) is 11.1. The molecule has 1 saturated heterocycles. The molecular weight excluding hydrogens is 252 g/mol. The number of rotatable bonds is 6. The molecule has 0 spiro atoms. The highest BCUT2D eigenvalue weighted by Gasteiger charge is 2.28. The second-order valence-corrected chi connectivity index (χ2v) is 6.77. The van der Waals surface area contributed by atoms with Gasteiger partial charge in [0.25, 0.3) is 10.2 Å². The van der Waals surface area contributed by atoms with E-state index in [1.54, 1.807) is 0 Å². The monoisotopic (exact) mass is 276 g/mol. The molecule has 0 amide bonds. The third-order valence-electron chi connectivity index (χ3n) is 3.23. The fourth-order valence-electron chi connectivity index (χ4n) is 2.18. The molecule has 0 saturated carbocycles. The summed E-state index contributed by atoms with van der Waals surface area (Å²) in [6.45, 7) is 5.10. The first-order valence-corrected chi connectivity index (χ1v) is 7.89. The molecule has 2 unspecified atom stereocenters. The van der Waals surface area contributed by atoms with Gasteiger partial charge in [-0.05, 0) is 25.2 Å². The van der Waals surface area contributed by atoms with Crippen LogP contribution in [0.4, 0.5) is 0 Å². The van der Waals surface area contributed by atoms with Crippen molar-refractivity contribution in [3.8, 4) is 0 Å². The minimum Gasteiger partial charge on any atom is -0.388 e. The maximum Gasteiger partial charge on any atom is 0.279 e. The average molecular weight is 276 g/mol. The quantitative estimate of drug-likeness (QED) is 0.491. The van der Waals surface area contributed by atoms with E-state index in [0.717, 1.165) is 12.8 Å². The third kappa shape index (κ3) is 4.55. The summed E-state index contributed by atoms with van der Waals surface area (Å²) >= 11 is 0. The number of piperidine rings is 1. The molecule has 18 heavy (non-hydrogen) atoms. The molecule has 1 heterocycles. The summed E-state index contributed by atoms with van der Waals surface area (Å²) in [6.07, 6.45) is 2.88. The summed E-state index contributed by atoms with van der Waals surface area (Å²) in [4.78, 5) is 0. The van der Waals surface area contributed by atoms with Crippen LogP contribution in [-0.4, -0.2) is 37.7 Å². The van der Waals surface area contributed by atoms with Crippen LogP contribution < -0.4 is 10.5 Å². The zero-order valence-corrected chi connectivity index (χ0v) is 12.0. The van der Waals surface area contributed by atoms with Crippen LogP contribution in [0.3, 0.4) is 0 Å². The van der Waals surface area contributed by atoms with Crippen molar-refractivity contribution < 1.29 is 8.42 Å². The Morgan fingerprint density at radius 1 is 1.61 bits per heavy atom. The van der Waals surface area contributed by atoms with Crippen LogP contribution in [-0.2, 0) is 10.2 Å². The van der Waals surface area contributed by atoms with Gasteiger partial charge in [0.1, 0.15) is 0 Å². The Bertz CT molecular complexity index is 383. The molecule has 106 valence electrons. The van der Waals surface area contributed by atoms with Gasteiger partial charge >= 0.3 is 0 Å². The Morgan fingerprint density at radius 3 is 2.78 bits per heavy atom. The van der Waals surface area contributed by atoms with Crippen molar-refractivity contribution in [2.24, 2.45) is 11.7 Å². The van der Waals surface area contributed by atoms with Crippen LogP contribution in [0.2, 0.25) is 0 Å². The van der Waals surface area contributed by atoms with E-state index in [1.807, 2.05) is 6.92 Å². The van der Waals surface area contributed by atoms with Gasteiger partial charge in [0, 0.05) is 25.6 Å². The largest absolute Gasteiger partial charge is 0.388 e. The molecule has 0 bridgehead atoms. The zero-order chi connectivity index (χ0) is 13.8. The summed E-state index contributed by atoms with van der Waals surface area (Å²) in [5.41, 5.74) is 5.32. The van der Waals surface area contributed by atoms with Crippen molar-refractivity contribution in [1.29, 1.82) is 5.41 Å². The lowest BCUT2D eigenvalue weighted by atomic mass is 10.0. The molecule has 0 aliphatic carbocycles. The molecule has 7 heteroatoms. The van der Waals surface area contributed by atoms with E-state index in [4.69, 9.17) is 11.1 Å². The number of nitrogens with zero attached hydrogens (tertiary/aromatic N) is 1. The molecule has 1 aliphatic rings. The Labute approximate surface area is 110 Å². The molecule has 2 atom stereocenters. The van der Waals surface area contributed by atoms with Crippen LogP contribution in [0, 0.1) is 11.3 Å². The van der Waals surface area contributed by atoms with E-state index in [-0.39, 0.29) is 18.3 Å². The fraction of sp³-hybridized carbons (Fsp3) is 0.909. The first kappa shape index (κ1) is 15.4. The molecule has 0 aromatic rings. The summed E-state index contributed by atoms with van der Waals surface area (Å²) in [5.74, 6) is 0.416. The van der Waals surface area contributed by atoms with E-state index in [2.05, 4.69) is 11.6 Å². The normalized spacial score (nSPS) is 23.8. The van der Waals surface area contributed by atoms with Gasteiger partial charge in [-0.15, -0.1) is 0 Å². The van der Waals surface area contributed by atoms with Crippen LogP contribution in [0.1, 0.15) is 39.5 Å². The molecule has 1 fully saturated rings. The molecule has 4 N–H and O–H groups in total. The van der Waals surface area contributed by atoms with Crippen molar-refractivity contribution >= 4 is 16.0 Å². The number of amidine groups is 1. The number of hydrogen-bond acceptors (Lipinski definition) is 3. The van der Waals surface area contributed by atoms with Crippen molar-refractivity contribution in [3.05, 3.63) is 0 Å². The predicted molar refractivity (Wildman–Crippen MR) is 72.6 cm³/mol. The van der Waals surface area contributed by atoms with Gasteiger partial charge in [-0.25, -0.2) is 0 Å². The lowest BCUT2D eigenvalue weighted by Gasteiger charge is -2.31. The summed E-state index contributed by atoms with van der Waals surface area (Å²) in [5, 5.41) is 7.24. The van der Waals surface area contributed by atoms with Gasteiger partial charge in [-0.3, -0.25) is 5.41 Å². The topological polar surface area (TPSA) is 99.3 Å². The maximum absolute atomic E-state index is 12.2. The first-order valence-electron chi connectivity index (χ1n) is 6.45. The molecule has 1 rings (SSSR count). The lowest BCUT2D eigenvalue weighted by molar-refractivity contribution is 0.276. The molecule has 6 nitrogen and oxygen atoms in total. The van der Waals surface area contributed by atoms with Gasteiger partial charge in [0.05, 0.1) is 5.84 Å². The molecular formula is C11H24N4O2S. The van der Waals surface area contributed by atoms with E-state index in [1.165, 1.54) is 4.31 Å². The second kappa shape index (κ2) is 6.49. The number of hydrogen-bond donors (Lipinski definition) is 3. The molecule has 0 aromatic heterocycles. The van der Waals surface area contributed by atoms with E-state index in [0.29, 0.717) is 25.4 Å². The SMILES string of the molecule is CCC(CC(=N)N)NS(=O)(=O)N1CCCC(C)C1. The van der Waals surface area contributed by atoms with E-state index in [9.17, 15) is 8.42 Å². The fourth-order valence-corrected chi connectivity index (χ4v) is 3.83. The highest BCUT2D eigenvalue weighted by atomic mass is 32.2. The lowest BCUT2D eigenvalue weighted by Crippen LogP contribution is -2.49. The van der Waals surface area contributed by atoms with Crippen LogP contribution in [0.15, 0.2) is 0 Å². The van der Waals surface area contributed by atoms with Crippen molar-refractivity contribution in [2.45, 2.75) is 45.6 Å². The van der Waals surface area contributed by atoms with Crippen LogP contribution in [0.5, 0.6) is 0 Å². The van der Waals surface area contributed by atoms with Crippen molar-refractivity contribution in [3.63, 3.8) is 0 Å². The smallest absolute Gasteiger partial charge is 0.279 e. The molecule has 0 aromatic carbocycles. The molecule has 0 radical (unpaired) electrons. The van der Waals surface area contributed by atoms with Gasteiger partial charge in [-0.1, -0.05) is 13.8 Å². The van der Waals surface area contributed by atoms with Crippen LogP contribution >= 0.6 is 0 Å². The van der Waals surface area contributed by atoms with Gasteiger partial charge in [0.2, 0.25) is 0 Å². The Kier molecular flexibility index (Phi) is 5.55. The predicted octanol–water partition coefficient (Wildman–Crippen LogP) is 0.657. The summed E-state index contributed by atoms with van der Waals surface area (Å²) in [7, 11) is -3.44. The number of nitrogens with one attached hydrogen (secondary N) is 2. The number of nitrogens with two attached hydrogens (primary N) is 1. The molecule has 1 aliphatic heterocycles. The minimum atomic E-state index is -3.44. The minimum absolute atomic E-state index is 0.0107. The average Bonchev–Trinajstić information content (AvgIpc) is 2.27. The Hall–Kier alpha value is -0.660. The van der Waals surface area contributed by atoms with E-state index >= 15 is 0 Å². The Morgan fingerprint density at radius 2 is 2.28 bits per heavy atom. The maximum atomic E-state index is 12.2. The standard InChI is InChI=1S/C11H24N4O2S/c1-3-10(7-11(12)13)14-18(16,17)15-6-4-5-9(2)8-15/h9-10,14H,3-8H2,1-2H3,(H3,12,13). The highest BCUT2D eigenvalue weighted by Crippen LogP contribution is 2.18. The Balaban J connectivity index is 2.64. The summed E-state index contributed by atoms with van der Waals surface area (Å²) in [6, 6.07) is -0.287. The van der Waals surface area contributed by atoms with Gasteiger partial charge in [-0.2, -0.15) is 17.4 Å². The van der Waals surface area contributed by atoms with Gasteiger partial charge < -0.3 is 5.73 Å². The van der Waals surface area contributed by atoms with Crippen LogP contribution in [0.25, 0.3) is 0 Å². The van der Waals surface area contributed by atoms with Gasteiger partial charge in [0.15, 0.2) is 0 Å². The van der Waals surface area contributed by atoms with E-state index < -0.39 is 10.2 Å².